The quantitative estimate of drug-likeness (QED) is 0.835. The molecule has 0 bridgehead atoms. The maximum atomic E-state index is 11.1. The van der Waals surface area contributed by atoms with Gasteiger partial charge in [0.15, 0.2) is 0 Å². The first kappa shape index (κ1) is 9.65. The van der Waals surface area contributed by atoms with Crippen LogP contribution in [0.5, 0.6) is 0 Å². The van der Waals surface area contributed by atoms with E-state index in [9.17, 15) is 9.90 Å². The van der Waals surface area contributed by atoms with Crippen molar-refractivity contribution in [3.8, 4) is 0 Å². The highest BCUT2D eigenvalue weighted by molar-refractivity contribution is 7.07. The van der Waals surface area contributed by atoms with Crippen LogP contribution in [0.3, 0.4) is 0 Å². The summed E-state index contributed by atoms with van der Waals surface area (Å²) >= 11 is 1.47. The van der Waals surface area contributed by atoms with Gasteiger partial charge in [0.25, 0.3) is 0 Å². The lowest BCUT2D eigenvalue weighted by atomic mass is 9.89. The Balaban J connectivity index is 2.19. The minimum atomic E-state index is -0.720. The summed E-state index contributed by atoms with van der Waals surface area (Å²) in [4.78, 5) is 15.3. The van der Waals surface area contributed by atoms with Gasteiger partial charge in [0, 0.05) is 5.38 Å². The lowest BCUT2D eigenvalue weighted by Gasteiger charge is -2.16. The van der Waals surface area contributed by atoms with Crippen LogP contribution in [0.15, 0.2) is 10.9 Å². The summed E-state index contributed by atoms with van der Waals surface area (Å²) in [5.74, 6) is -0.791. The van der Waals surface area contributed by atoms with E-state index < -0.39 is 5.97 Å². The molecule has 14 heavy (non-hydrogen) atoms. The maximum absolute atomic E-state index is 11.1. The topological polar surface area (TPSA) is 50.2 Å². The van der Waals surface area contributed by atoms with Gasteiger partial charge in [-0.1, -0.05) is 12.8 Å². The van der Waals surface area contributed by atoms with Gasteiger partial charge in [-0.3, -0.25) is 4.79 Å². The molecule has 1 saturated carbocycles. The van der Waals surface area contributed by atoms with Gasteiger partial charge in [-0.05, 0) is 18.8 Å². The average Bonchev–Trinajstić information content (AvgIpc) is 2.75. The van der Waals surface area contributed by atoms with Gasteiger partial charge in [0.2, 0.25) is 0 Å². The summed E-state index contributed by atoms with van der Waals surface area (Å²) in [6.07, 6.45) is 4.40. The minimum absolute atomic E-state index is 0.301. The number of carboxylic acid groups (broad SMARTS) is 1. The van der Waals surface area contributed by atoms with E-state index in [-0.39, 0.29) is 5.92 Å². The average molecular weight is 211 g/mol. The van der Waals surface area contributed by atoms with Crippen LogP contribution < -0.4 is 0 Å². The lowest BCUT2D eigenvalue weighted by Crippen LogP contribution is -2.19. The number of carboxylic acids is 1. The number of rotatable bonds is 3. The van der Waals surface area contributed by atoms with Crippen molar-refractivity contribution in [2.75, 3.05) is 0 Å². The second-order valence-electron chi connectivity index (χ2n) is 3.77. The predicted octanol–water partition coefficient (Wildman–Crippen LogP) is 2.50. The van der Waals surface area contributed by atoms with Crippen molar-refractivity contribution in [1.82, 2.24) is 4.98 Å². The SMILES string of the molecule is O=C(O)C(c1cscn1)C1CCCC1. The molecule has 1 aliphatic carbocycles. The van der Waals surface area contributed by atoms with Crippen LogP contribution in [0.4, 0.5) is 0 Å². The highest BCUT2D eigenvalue weighted by Crippen LogP contribution is 2.37. The summed E-state index contributed by atoms with van der Waals surface area (Å²) in [7, 11) is 0. The number of aromatic nitrogens is 1. The molecule has 76 valence electrons. The first-order valence-electron chi connectivity index (χ1n) is 4.90. The molecule has 1 N–H and O–H groups in total. The van der Waals surface area contributed by atoms with E-state index in [0.717, 1.165) is 18.5 Å². The van der Waals surface area contributed by atoms with Crippen LogP contribution in [-0.4, -0.2) is 16.1 Å². The second-order valence-corrected chi connectivity index (χ2v) is 4.49. The number of carbonyl (C=O) groups is 1. The molecule has 1 heterocycles. The first-order valence-corrected chi connectivity index (χ1v) is 5.84. The zero-order valence-corrected chi connectivity index (χ0v) is 8.67. The van der Waals surface area contributed by atoms with Gasteiger partial charge in [-0.15, -0.1) is 11.3 Å². The fraction of sp³-hybridized carbons (Fsp3) is 0.600. The van der Waals surface area contributed by atoms with E-state index in [1.54, 1.807) is 5.51 Å². The Bertz CT molecular complexity index is 304. The van der Waals surface area contributed by atoms with E-state index in [2.05, 4.69) is 4.98 Å². The minimum Gasteiger partial charge on any atom is -0.481 e. The highest BCUT2D eigenvalue weighted by Gasteiger charge is 2.32. The van der Waals surface area contributed by atoms with Crippen LogP contribution in [0.25, 0.3) is 0 Å². The molecular weight excluding hydrogens is 198 g/mol. The molecule has 0 spiro atoms. The van der Waals surface area contributed by atoms with E-state index in [0.29, 0.717) is 5.92 Å². The summed E-state index contributed by atoms with van der Waals surface area (Å²) in [5.41, 5.74) is 2.45. The van der Waals surface area contributed by atoms with E-state index in [4.69, 9.17) is 0 Å². The molecular formula is C10H13NO2S. The van der Waals surface area contributed by atoms with Crippen molar-refractivity contribution in [2.45, 2.75) is 31.6 Å². The summed E-state index contributed by atoms with van der Waals surface area (Å²) < 4.78 is 0. The standard InChI is InChI=1S/C10H13NO2S/c12-10(13)9(7-3-1-2-4-7)8-5-14-6-11-8/h5-7,9H,1-4H2,(H,12,13). The molecule has 1 aromatic rings. The molecule has 3 nitrogen and oxygen atoms in total. The molecule has 2 rings (SSSR count). The van der Waals surface area contributed by atoms with Crippen LogP contribution in [0, 0.1) is 5.92 Å². The highest BCUT2D eigenvalue weighted by atomic mass is 32.1. The Labute approximate surface area is 86.8 Å². The van der Waals surface area contributed by atoms with Crippen LogP contribution in [0.1, 0.15) is 37.3 Å². The molecule has 1 fully saturated rings. The van der Waals surface area contributed by atoms with E-state index in [1.807, 2.05) is 5.38 Å². The van der Waals surface area contributed by atoms with Crippen LogP contribution in [0.2, 0.25) is 0 Å². The van der Waals surface area contributed by atoms with Crippen molar-refractivity contribution in [1.29, 1.82) is 0 Å². The van der Waals surface area contributed by atoms with Crippen molar-refractivity contribution in [3.05, 3.63) is 16.6 Å². The zero-order valence-electron chi connectivity index (χ0n) is 7.85. The van der Waals surface area contributed by atoms with Crippen molar-refractivity contribution in [2.24, 2.45) is 5.92 Å². The lowest BCUT2D eigenvalue weighted by molar-refractivity contribution is -0.140. The third-order valence-electron chi connectivity index (χ3n) is 2.91. The third kappa shape index (κ3) is 1.80. The second kappa shape index (κ2) is 4.09. The van der Waals surface area contributed by atoms with Crippen LogP contribution in [-0.2, 0) is 4.79 Å². The Hall–Kier alpha value is -0.900. The molecule has 0 aliphatic heterocycles. The normalized spacial score (nSPS) is 19.7. The van der Waals surface area contributed by atoms with Gasteiger partial charge in [-0.25, -0.2) is 4.98 Å². The fourth-order valence-electron chi connectivity index (χ4n) is 2.24. The molecule has 4 heteroatoms. The fourth-order valence-corrected chi connectivity index (χ4v) is 2.83. The maximum Gasteiger partial charge on any atom is 0.312 e. The Kier molecular flexibility index (Phi) is 2.82. The molecule has 1 unspecified atom stereocenters. The first-order chi connectivity index (χ1) is 6.79. The van der Waals surface area contributed by atoms with Gasteiger partial charge < -0.3 is 5.11 Å². The van der Waals surface area contributed by atoms with Gasteiger partial charge in [0.1, 0.15) is 5.92 Å². The van der Waals surface area contributed by atoms with Crippen molar-refractivity contribution >= 4 is 17.3 Å². The monoisotopic (exact) mass is 211 g/mol. The molecule has 0 radical (unpaired) electrons. The largest absolute Gasteiger partial charge is 0.481 e. The smallest absolute Gasteiger partial charge is 0.312 e. The number of nitrogens with zero attached hydrogens (tertiary/aromatic N) is 1. The molecule has 1 aromatic heterocycles. The number of hydrogen-bond acceptors (Lipinski definition) is 3. The van der Waals surface area contributed by atoms with Crippen molar-refractivity contribution < 1.29 is 9.90 Å². The number of hydrogen-bond donors (Lipinski definition) is 1. The number of aliphatic carboxylic acids is 1. The Morgan fingerprint density at radius 1 is 1.57 bits per heavy atom. The van der Waals surface area contributed by atoms with Gasteiger partial charge >= 0.3 is 5.97 Å². The number of thiazole rings is 1. The van der Waals surface area contributed by atoms with Gasteiger partial charge in [-0.2, -0.15) is 0 Å². The summed E-state index contributed by atoms with van der Waals surface area (Å²) in [6.45, 7) is 0. The summed E-state index contributed by atoms with van der Waals surface area (Å²) in [6, 6.07) is 0. The van der Waals surface area contributed by atoms with Gasteiger partial charge in [0.05, 0.1) is 11.2 Å². The molecule has 1 aliphatic rings. The Morgan fingerprint density at radius 3 is 2.79 bits per heavy atom. The van der Waals surface area contributed by atoms with E-state index in [1.165, 1.54) is 24.2 Å². The third-order valence-corrected chi connectivity index (χ3v) is 3.51. The zero-order chi connectivity index (χ0) is 9.97. The molecule has 0 amide bonds. The molecule has 1 atom stereocenters. The van der Waals surface area contributed by atoms with E-state index >= 15 is 0 Å². The predicted molar refractivity (Wildman–Crippen MR) is 54.4 cm³/mol. The van der Waals surface area contributed by atoms with Crippen molar-refractivity contribution in [3.63, 3.8) is 0 Å². The Morgan fingerprint density at radius 2 is 2.29 bits per heavy atom. The molecule has 0 saturated heterocycles. The van der Waals surface area contributed by atoms with Crippen LogP contribution >= 0.6 is 11.3 Å². The molecule has 0 aromatic carbocycles. The summed E-state index contributed by atoms with van der Waals surface area (Å²) in [5, 5.41) is 11.0.